The van der Waals surface area contributed by atoms with Crippen molar-refractivity contribution in [3.05, 3.63) is 51.5 Å². The van der Waals surface area contributed by atoms with Gasteiger partial charge in [-0.05, 0) is 24.0 Å². The summed E-state index contributed by atoms with van der Waals surface area (Å²) in [6.45, 7) is 0.792. The van der Waals surface area contributed by atoms with Crippen LogP contribution in [-0.4, -0.2) is 16.2 Å². The highest BCUT2D eigenvalue weighted by Gasteiger charge is 2.30. The lowest BCUT2D eigenvalue weighted by atomic mass is 10.1. The summed E-state index contributed by atoms with van der Waals surface area (Å²) in [5.41, 5.74) is 2.51. The van der Waals surface area contributed by atoms with Crippen molar-refractivity contribution in [2.45, 2.75) is 56.7 Å². The Morgan fingerprint density at radius 3 is 2.91 bits per heavy atom. The Labute approximate surface area is 135 Å². The van der Waals surface area contributed by atoms with Crippen LogP contribution in [0.2, 0.25) is 0 Å². The van der Waals surface area contributed by atoms with Crippen molar-refractivity contribution in [1.82, 2.24) is 10.3 Å². The second-order valence-electron chi connectivity index (χ2n) is 6.48. The number of aliphatic hydroxyl groups excluding tert-OH is 1. The number of nitrogens with one attached hydrogen (secondary N) is 1. The van der Waals surface area contributed by atoms with Gasteiger partial charge in [0, 0.05) is 30.0 Å². The first-order chi connectivity index (χ1) is 10.8. The first-order valence-electron chi connectivity index (χ1n) is 8.25. The van der Waals surface area contributed by atoms with Crippen LogP contribution < -0.4 is 5.32 Å². The molecule has 1 saturated carbocycles. The third kappa shape index (κ3) is 2.71. The smallest absolute Gasteiger partial charge is 0.0959 e. The predicted octanol–water partition coefficient (Wildman–Crippen LogP) is 3.55. The molecule has 1 heterocycles. The molecule has 116 valence electrons. The maximum atomic E-state index is 10.3. The summed E-state index contributed by atoms with van der Waals surface area (Å²) in [6, 6.07) is 8.39. The summed E-state index contributed by atoms with van der Waals surface area (Å²) >= 11 is 1.84. The van der Waals surface area contributed by atoms with Gasteiger partial charge in [0.15, 0.2) is 0 Å². The van der Waals surface area contributed by atoms with Crippen molar-refractivity contribution in [2.24, 2.45) is 0 Å². The zero-order valence-corrected chi connectivity index (χ0v) is 13.5. The molecule has 0 radical (unpaired) electrons. The van der Waals surface area contributed by atoms with Crippen molar-refractivity contribution in [1.29, 1.82) is 0 Å². The summed E-state index contributed by atoms with van der Waals surface area (Å²) in [6.07, 6.45) is 7.75. The fourth-order valence-electron chi connectivity index (χ4n) is 3.80. The minimum atomic E-state index is -0.320. The Balaban J connectivity index is 1.42. The van der Waals surface area contributed by atoms with Gasteiger partial charge in [-0.3, -0.25) is 0 Å². The number of fused-ring (bicyclic) bond motifs is 1. The number of aromatic nitrogens is 1. The van der Waals surface area contributed by atoms with Crippen LogP contribution in [0.5, 0.6) is 0 Å². The van der Waals surface area contributed by atoms with Gasteiger partial charge in [-0.1, -0.05) is 37.1 Å². The van der Waals surface area contributed by atoms with E-state index in [0.717, 1.165) is 13.0 Å². The lowest BCUT2D eigenvalue weighted by molar-refractivity contribution is 0.141. The topological polar surface area (TPSA) is 45.1 Å². The Hall–Kier alpha value is -1.23. The largest absolute Gasteiger partial charge is 0.391 e. The summed E-state index contributed by atoms with van der Waals surface area (Å²) in [4.78, 5) is 5.90. The number of rotatable bonds is 4. The second-order valence-corrected chi connectivity index (χ2v) is 7.62. The first kappa shape index (κ1) is 14.4. The average molecular weight is 314 g/mol. The van der Waals surface area contributed by atoms with Gasteiger partial charge < -0.3 is 10.4 Å². The van der Waals surface area contributed by atoms with Gasteiger partial charge in [-0.2, -0.15) is 0 Å². The molecule has 2 aliphatic rings. The third-order valence-corrected chi connectivity index (χ3v) is 6.14. The second kappa shape index (κ2) is 6.11. The minimum absolute atomic E-state index is 0.0493. The van der Waals surface area contributed by atoms with Crippen LogP contribution in [0.4, 0.5) is 0 Å². The van der Waals surface area contributed by atoms with Crippen molar-refractivity contribution in [2.75, 3.05) is 0 Å². The van der Waals surface area contributed by atoms with E-state index in [1.165, 1.54) is 46.7 Å². The van der Waals surface area contributed by atoms with E-state index in [2.05, 4.69) is 28.5 Å². The van der Waals surface area contributed by atoms with Gasteiger partial charge in [0.05, 0.1) is 17.2 Å². The Kier molecular flexibility index (Phi) is 3.99. The van der Waals surface area contributed by atoms with Gasteiger partial charge in [-0.15, -0.1) is 11.3 Å². The van der Waals surface area contributed by atoms with E-state index in [0.29, 0.717) is 5.92 Å². The van der Waals surface area contributed by atoms with Crippen LogP contribution in [0.1, 0.15) is 58.7 Å². The Bertz CT molecular complexity index is 648. The molecule has 0 amide bonds. The number of hydrogen-bond acceptors (Lipinski definition) is 4. The van der Waals surface area contributed by atoms with Crippen LogP contribution in [0.25, 0.3) is 0 Å². The van der Waals surface area contributed by atoms with Crippen molar-refractivity contribution in [3.63, 3.8) is 0 Å². The number of benzene rings is 1. The molecule has 0 saturated heterocycles. The van der Waals surface area contributed by atoms with Crippen LogP contribution >= 0.6 is 11.3 Å². The van der Waals surface area contributed by atoms with E-state index < -0.39 is 0 Å². The molecule has 22 heavy (non-hydrogen) atoms. The van der Waals surface area contributed by atoms with Crippen LogP contribution in [-0.2, 0) is 13.0 Å². The van der Waals surface area contributed by atoms with Gasteiger partial charge >= 0.3 is 0 Å². The molecule has 1 fully saturated rings. The molecule has 3 nitrogen and oxygen atoms in total. The average Bonchev–Trinajstić information content (AvgIpc) is 3.24. The van der Waals surface area contributed by atoms with Gasteiger partial charge in [-0.25, -0.2) is 4.98 Å². The standard InChI is InChI=1S/C18H22N2OS/c21-16-9-13-7-3-4-8-15(13)17(16)19-10-14-11-20-18(22-14)12-5-1-2-6-12/h3-4,7-8,11-12,16-17,19,21H,1-2,5-6,9-10H2. The van der Waals surface area contributed by atoms with E-state index >= 15 is 0 Å². The van der Waals surface area contributed by atoms with E-state index in [-0.39, 0.29) is 12.1 Å². The molecule has 2 atom stereocenters. The van der Waals surface area contributed by atoms with Crippen LogP contribution in [0.15, 0.2) is 30.5 Å². The lowest BCUT2D eigenvalue weighted by Crippen LogP contribution is -2.28. The molecule has 0 aliphatic heterocycles. The summed E-state index contributed by atoms with van der Waals surface area (Å²) in [7, 11) is 0. The highest BCUT2D eigenvalue weighted by molar-refractivity contribution is 7.11. The minimum Gasteiger partial charge on any atom is -0.391 e. The summed E-state index contributed by atoms with van der Waals surface area (Å²) in [5.74, 6) is 0.691. The molecule has 2 aromatic rings. The number of nitrogens with zero attached hydrogens (tertiary/aromatic N) is 1. The quantitative estimate of drug-likeness (QED) is 0.907. The van der Waals surface area contributed by atoms with Gasteiger partial charge in [0.25, 0.3) is 0 Å². The third-order valence-electron chi connectivity index (χ3n) is 4.98. The number of hydrogen-bond donors (Lipinski definition) is 2. The first-order valence-corrected chi connectivity index (χ1v) is 9.07. The molecule has 2 N–H and O–H groups in total. The highest BCUT2D eigenvalue weighted by atomic mass is 32.1. The molecule has 1 aromatic carbocycles. The summed E-state index contributed by atoms with van der Waals surface area (Å²) in [5, 5.41) is 15.1. The SMILES string of the molecule is OC1Cc2ccccc2C1NCc1cnc(C2CCCC2)s1. The van der Waals surface area contributed by atoms with Crippen LogP contribution in [0.3, 0.4) is 0 Å². The van der Waals surface area contributed by atoms with E-state index in [4.69, 9.17) is 0 Å². The van der Waals surface area contributed by atoms with Crippen molar-refractivity contribution >= 4 is 11.3 Å². The molecular weight excluding hydrogens is 292 g/mol. The summed E-state index contributed by atoms with van der Waals surface area (Å²) < 4.78 is 0. The molecule has 4 heteroatoms. The Morgan fingerprint density at radius 2 is 2.05 bits per heavy atom. The van der Waals surface area contributed by atoms with Crippen LogP contribution in [0, 0.1) is 0 Å². The van der Waals surface area contributed by atoms with E-state index in [1.807, 2.05) is 23.6 Å². The fraction of sp³-hybridized carbons (Fsp3) is 0.500. The van der Waals surface area contributed by atoms with E-state index in [9.17, 15) is 5.11 Å². The fourth-order valence-corrected chi connectivity index (χ4v) is 4.83. The normalized spacial score (nSPS) is 24.8. The van der Waals surface area contributed by atoms with Crippen molar-refractivity contribution in [3.8, 4) is 0 Å². The highest BCUT2D eigenvalue weighted by Crippen LogP contribution is 2.36. The zero-order valence-electron chi connectivity index (χ0n) is 12.7. The molecule has 0 spiro atoms. The molecule has 4 rings (SSSR count). The molecule has 2 unspecified atom stereocenters. The lowest BCUT2D eigenvalue weighted by Gasteiger charge is -2.17. The molecule has 0 bridgehead atoms. The van der Waals surface area contributed by atoms with Crippen molar-refractivity contribution < 1.29 is 5.11 Å². The number of thiazole rings is 1. The maximum Gasteiger partial charge on any atom is 0.0959 e. The zero-order chi connectivity index (χ0) is 14.9. The number of aliphatic hydroxyl groups is 1. The predicted molar refractivity (Wildman–Crippen MR) is 89.1 cm³/mol. The maximum absolute atomic E-state index is 10.3. The van der Waals surface area contributed by atoms with Gasteiger partial charge in [0.1, 0.15) is 0 Å². The van der Waals surface area contributed by atoms with E-state index in [1.54, 1.807) is 0 Å². The molecule has 1 aromatic heterocycles. The molecular formula is C18H22N2OS. The Morgan fingerprint density at radius 1 is 1.23 bits per heavy atom. The monoisotopic (exact) mass is 314 g/mol. The molecule has 2 aliphatic carbocycles. The van der Waals surface area contributed by atoms with Gasteiger partial charge in [0.2, 0.25) is 0 Å².